The average molecular weight is 279 g/mol. The molecule has 1 aromatic carbocycles. The van der Waals surface area contributed by atoms with Gasteiger partial charge in [0.15, 0.2) is 5.78 Å². The highest BCUT2D eigenvalue weighted by molar-refractivity contribution is 6.31. The summed E-state index contributed by atoms with van der Waals surface area (Å²) in [4.78, 5) is 12.8. The highest BCUT2D eigenvalue weighted by atomic mass is 35.5. The number of fused-ring (bicyclic) bond motifs is 1. The molecule has 0 aromatic heterocycles. The largest absolute Gasteiger partial charge is 0.492 e. The Kier molecular flexibility index (Phi) is 2.57. The molecule has 2 nitrogen and oxygen atoms in total. The van der Waals surface area contributed by atoms with Crippen molar-refractivity contribution in [3.05, 3.63) is 28.3 Å². The van der Waals surface area contributed by atoms with E-state index in [0.717, 1.165) is 17.7 Å². The monoisotopic (exact) mass is 278 g/mol. The van der Waals surface area contributed by atoms with E-state index in [1.165, 1.54) is 0 Å². The van der Waals surface area contributed by atoms with Crippen molar-refractivity contribution in [2.45, 2.75) is 34.1 Å². The van der Waals surface area contributed by atoms with Gasteiger partial charge in [-0.25, -0.2) is 0 Å². The van der Waals surface area contributed by atoms with Crippen molar-refractivity contribution >= 4 is 17.4 Å². The van der Waals surface area contributed by atoms with E-state index in [-0.39, 0.29) is 22.5 Å². The fraction of sp³-hybridized carbons (Fsp3) is 0.562. The van der Waals surface area contributed by atoms with Gasteiger partial charge in [0.25, 0.3) is 0 Å². The zero-order valence-electron chi connectivity index (χ0n) is 11.8. The van der Waals surface area contributed by atoms with Crippen LogP contribution < -0.4 is 4.74 Å². The average Bonchev–Trinajstić information content (AvgIpc) is 2.68. The van der Waals surface area contributed by atoms with Crippen LogP contribution in [-0.2, 0) is 6.42 Å². The quantitative estimate of drug-likeness (QED) is 0.760. The number of ketones is 1. The number of carbonyl (C=O) groups is 1. The number of Topliss-reactive ketones (excluding diaryl/α,β-unsaturated/α-hetero) is 1. The number of carbonyl (C=O) groups excluding carboxylic acids is 1. The fourth-order valence-corrected chi connectivity index (χ4v) is 3.70. The fourth-order valence-electron chi connectivity index (χ4n) is 3.46. The normalized spacial score (nSPS) is 22.8. The number of ether oxygens (including phenoxy) is 1. The first-order valence-electron chi connectivity index (χ1n) is 6.76. The van der Waals surface area contributed by atoms with Gasteiger partial charge in [-0.15, -0.1) is 0 Å². The zero-order chi connectivity index (χ0) is 14.0. The van der Waals surface area contributed by atoms with Gasteiger partial charge in [-0.3, -0.25) is 4.79 Å². The van der Waals surface area contributed by atoms with Crippen LogP contribution in [0.25, 0.3) is 0 Å². The summed E-state index contributed by atoms with van der Waals surface area (Å²) in [6, 6.07) is 3.67. The first kappa shape index (κ1) is 13.0. The SMILES string of the molecule is CC1(C)C(C(=O)c2cc(Cl)cc3c2OCC3)C1(C)C. The first-order chi connectivity index (χ1) is 8.76. The molecule has 0 N–H and O–H groups in total. The number of hydrogen-bond acceptors (Lipinski definition) is 2. The lowest BCUT2D eigenvalue weighted by Crippen LogP contribution is -2.09. The molecule has 2 aliphatic rings. The summed E-state index contributed by atoms with van der Waals surface area (Å²) in [7, 11) is 0. The minimum Gasteiger partial charge on any atom is -0.492 e. The van der Waals surface area contributed by atoms with Crippen LogP contribution in [0.15, 0.2) is 12.1 Å². The maximum Gasteiger partial charge on any atom is 0.170 e. The molecule has 1 aliphatic heterocycles. The summed E-state index contributed by atoms with van der Waals surface area (Å²) >= 11 is 6.13. The smallest absolute Gasteiger partial charge is 0.170 e. The molecule has 3 rings (SSSR count). The van der Waals surface area contributed by atoms with Gasteiger partial charge in [-0.05, 0) is 28.5 Å². The van der Waals surface area contributed by atoms with Crippen molar-refractivity contribution in [2.75, 3.05) is 6.61 Å². The Morgan fingerprint density at radius 2 is 1.89 bits per heavy atom. The van der Waals surface area contributed by atoms with Crippen LogP contribution in [0.4, 0.5) is 0 Å². The van der Waals surface area contributed by atoms with Gasteiger partial charge in [0, 0.05) is 17.4 Å². The van der Waals surface area contributed by atoms with Gasteiger partial charge in [0.05, 0.1) is 12.2 Å². The molecule has 0 spiro atoms. The topological polar surface area (TPSA) is 26.3 Å². The lowest BCUT2D eigenvalue weighted by Gasteiger charge is -2.09. The second-order valence-corrected chi connectivity index (χ2v) is 7.22. The summed E-state index contributed by atoms with van der Waals surface area (Å²) in [5.74, 6) is 0.982. The standard InChI is InChI=1S/C16H19ClO2/c1-15(2)14(16(15,3)4)12(18)11-8-10(17)7-9-5-6-19-13(9)11/h7-8,14H,5-6H2,1-4H3. The Bertz CT molecular complexity index is 558. The highest BCUT2D eigenvalue weighted by Crippen LogP contribution is 2.69. The molecule has 0 saturated heterocycles. The third-order valence-electron chi connectivity index (χ3n) is 5.30. The van der Waals surface area contributed by atoms with E-state index >= 15 is 0 Å². The van der Waals surface area contributed by atoms with Crippen LogP contribution in [0.5, 0.6) is 5.75 Å². The van der Waals surface area contributed by atoms with Crippen LogP contribution in [0.3, 0.4) is 0 Å². The van der Waals surface area contributed by atoms with Crippen molar-refractivity contribution < 1.29 is 9.53 Å². The maximum absolute atomic E-state index is 12.8. The Balaban J connectivity index is 2.03. The van der Waals surface area contributed by atoms with Crippen molar-refractivity contribution in [2.24, 2.45) is 16.7 Å². The summed E-state index contributed by atoms with van der Waals surface area (Å²) in [5.41, 5.74) is 1.81. The lowest BCUT2D eigenvalue weighted by molar-refractivity contribution is 0.0942. The highest BCUT2D eigenvalue weighted by Gasteiger charge is 2.68. The molecule has 1 heterocycles. The third kappa shape index (κ3) is 1.66. The molecule has 102 valence electrons. The summed E-state index contributed by atoms with van der Waals surface area (Å²) in [6.45, 7) is 9.26. The number of rotatable bonds is 2. The molecule has 3 heteroatoms. The number of halogens is 1. The molecule has 0 bridgehead atoms. The molecule has 0 radical (unpaired) electrons. The van der Waals surface area contributed by atoms with Crippen molar-refractivity contribution in [3.8, 4) is 5.75 Å². The van der Waals surface area contributed by atoms with Crippen molar-refractivity contribution in [1.29, 1.82) is 0 Å². The molecule has 1 fully saturated rings. The molecule has 0 amide bonds. The zero-order valence-corrected chi connectivity index (χ0v) is 12.6. The minimum absolute atomic E-state index is 0.0396. The lowest BCUT2D eigenvalue weighted by atomic mass is 9.98. The van der Waals surface area contributed by atoms with E-state index in [9.17, 15) is 4.79 Å². The van der Waals surface area contributed by atoms with Gasteiger partial charge < -0.3 is 4.74 Å². The predicted octanol–water partition coefficient (Wildman–Crippen LogP) is 4.14. The number of hydrogen-bond donors (Lipinski definition) is 0. The summed E-state index contributed by atoms with van der Waals surface area (Å²) < 4.78 is 5.64. The van der Waals surface area contributed by atoms with Gasteiger partial charge >= 0.3 is 0 Å². The van der Waals surface area contributed by atoms with E-state index in [2.05, 4.69) is 27.7 Å². The van der Waals surface area contributed by atoms with Crippen molar-refractivity contribution in [1.82, 2.24) is 0 Å². The van der Waals surface area contributed by atoms with Crippen LogP contribution in [-0.4, -0.2) is 12.4 Å². The molecule has 1 saturated carbocycles. The number of benzene rings is 1. The molecule has 0 unspecified atom stereocenters. The van der Waals surface area contributed by atoms with Crippen LogP contribution in [0, 0.1) is 16.7 Å². The van der Waals surface area contributed by atoms with E-state index in [0.29, 0.717) is 17.2 Å². The molecular formula is C16H19ClO2. The third-order valence-corrected chi connectivity index (χ3v) is 5.52. The second-order valence-electron chi connectivity index (χ2n) is 6.78. The molecular weight excluding hydrogens is 260 g/mol. The summed E-state index contributed by atoms with van der Waals surface area (Å²) in [6.07, 6.45) is 0.841. The van der Waals surface area contributed by atoms with Gasteiger partial charge in [0.1, 0.15) is 5.75 Å². The molecule has 19 heavy (non-hydrogen) atoms. The second kappa shape index (κ2) is 3.76. The maximum atomic E-state index is 12.8. The summed E-state index contributed by atoms with van der Waals surface area (Å²) in [5, 5.41) is 0.629. The first-order valence-corrected chi connectivity index (χ1v) is 7.14. The van der Waals surface area contributed by atoms with E-state index in [1.807, 2.05) is 6.07 Å². The van der Waals surface area contributed by atoms with Crippen LogP contribution in [0.2, 0.25) is 5.02 Å². The van der Waals surface area contributed by atoms with E-state index in [1.54, 1.807) is 6.07 Å². The Morgan fingerprint density at radius 1 is 1.26 bits per heavy atom. The molecule has 1 aromatic rings. The molecule has 0 atom stereocenters. The van der Waals surface area contributed by atoms with Gasteiger partial charge in [0.2, 0.25) is 0 Å². The van der Waals surface area contributed by atoms with Crippen LogP contribution in [0.1, 0.15) is 43.6 Å². The Labute approximate surface area is 119 Å². The van der Waals surface area contributed by atoms with Crippen LogP contribution >= 0.6 is 11.6 Å². The van der Waals surface area contributed by atoms with Crippen molar-refractivity contribution in [3.63, 3.8) is 0 Å². The predicted molar refractivity (Wildman–Crippen MR) is 76.0 cm³/mol. The van der Waals surface area contributed by atoms with Gasteiger partial charge in [-0.2, -0.15) is 0 Å². The Morgan fingerprint density at radius 3 is 2.47 bits per heavy atom. The minimum atomic E-state index is 0.0396. The van der Waals surface area contributed by atoms with E-state index in [4.69, 9.17) is 16.3 Å². The van der Waals surface area contributed by atoms with E-state index < -0.39 is 0 Å². The Hall–Kier alpha value is -1.02. The molecule has 1 aliphatic carbocycles. The van der Waals surface area contributed by atoms with Gasteiger partial charge in [-0.1, -0.05) is 39.3 Å².